The Kier molecular flexibility index (Phi) is 5.40. The van der Waals surface area contributed by atoms with E-state index in [4.69, 9.17) is 0 Å². The lowest BCUT2D eigenvalue weighted by molar-refractivity contribution is 0.256. The number of carbonyl (C=O) groups excluding carboxylic acids is 1. The molecule has 2 amide bonds. The number of fused-ring (bicyclic) bond motifs is 1. The molecule has 0 aliphatic rings. The normalized spacial score (nSPS) is 11.4. The van der Waals surface area contributed by atoms with Crippen LogP contribution in [0, 0.1) is 13.8 Å². The number of amides is 2. The summed E-state index contributed by atoms with van der Waals surface area (Å²) in [5.41, 5.74) is 0.210. The third-order valence-electron chi connectivity index (χ3n) is 4.52. The molecule has 0 fully saturated rings. The maximum atomic E-state index is 12.7. The molecule has 12 heteroatoms. The van der Waals surface area contributed by atoms with Crippen LogP contribution in [-0.4, -0.2) is 29.0 Å². The van der Waals surface area contributed by atoms with Crippen molar-refractivity contribution in [2.24, 2.45) is 0 Å². The number of rotatable bonds is 4. The first-order chi connectivity index (χ1) is 15.2. The maximum absolute atomic E-state index is 12.7. The number of thiazole rings is 1. The van der Waals surface area contributed by atoms with Gasteiger partial charge in [0.25, 0.3) is 15.6 Å². The van der Waals surface area contributed by atoms with Crippen LogP contribution in [0.4, 0.5) is 10.5 Å². The number of sulfonamides is 1. The summed E-state index contributed by atoms with van der Waals surface area (Å²) in [6.45, 7) is 3.22. The Morgan fingerprint density at radius 2 is 1.75 bits per heavy atom. The van der Waals surface area contributed by atoms with Crippen LogP contribution >= 0.6 is 11.3 Å². The standard InChI is InChI=1S/C20H17N5O5S2/c1-11-18(31-12(2)21-11)32(29,30)24-19(27)22-13-7-9-14(10-8-13)25-17(26)15-5-3-4-6-16(15)23-20(25)28/h3-10H,1-2H3,(H,23,28)(H2,22,24,27). The van der Waals surface area contributed by atoms with Crippen LogP contribution in [-0.2, 0) is 10.0 Å². The van der Waals surface area contributed by atoms with Crippen molar-refractivity contribution in [1.29, 1.82) is 0 Å². The number of hydrogen-bond acceptors (Lipinski definition) is 7. The van der Waals surface area contributed by atoms with Crippen LogP contribution in [0.2, 0.25) is 0 Å². The number of nitrogens with zero attached hydrogens (tertiary/aromatic N) is 2. The highest BCUT2D eigenvalue weighted by atomic mass is 32.2. The van der Waals surface area contributed by atoms with Crippen molar-refractivity contribution in [1.82, 2.24) is 19.3 Å². The third-order valence-corrected chi connectivity index (χ3v) is 7.53. The second-order valence-electron chi connectivity index (χ2n) is 6.83. The predicted octanol–water partition coefficient (Wildman–Crippen LogP) is 2.26. The molecular weight excluding hydrogens is 454 g/mol. The minimum atomic E-state index is -4.07. The number of nitrogens with one attached hydrogen (secondary N) is 3. The van der Waals surface area contributed by atoms with Gasteiger partial charge in [-0.2, -0.15) is 0 Å². The van der Waals surface area contributed by atoms with Crippen LogP contribution in [0.1, 0.15) is 10.7 Å². The molecule has 4 aromatic rings. The molecule has 3 N–H and O–H groups in total. The summed E-state index contributed by atoms with van der Waals surface area (Å²) in [6.07, 6.45) is 0. The second-order valence-corrected chi connectivity index (χ2v) is 9.91. The summed E-state index contributed by atoms with van der Waals surface area (Å²) in [4.78, 5) is 44.0. The maximum Gasteiger partial charge on any atom is 0.333 e. The molecule has 164 valence electrons. The van der Waals surface area contributed by atoms with E-state index in [2.05, 4.69) is 15.3 Å². The Morgan fingerprint density at radius 3 is 2.41 bits per heavy atom. The molecule has 0 bridgehead atoms. The summed E-state index contributed by atoms with van der Waals surface area (Å²) >= 11 is 0.966. The third kappa shape index (κ3) is 4.05. The zero-order valence-electron chi connectivity index (χ0n) is 16.9. The van der Waals surface area contributed by atoms with Crippen molar-refractivity contribution >= 4 is 44.0 Å². The lowest BCUT2D eigenvalue weighted by Crippen LogP contribution is -2.34. The van der Waals surface area contributed by atoms with Crippen LogP contribution in [0.3, 0.4) is 0 Å². The van der Waals surface area contributed by atoms with Crippen molar-refractivity contribution in [3.05, 3.63) is 80.1 Å². The van der Waals surface area contributed by atoms with Gasteiger partial charge in [-0.25, -0.2) is 32.3 Å². The van der Waals surface area contributed by atoms with E-state index in [9.17, 15) is 22.8 Å². The quantitative estimate of drug-likeness (QED) is 0.417. The van der Waals surface area contributed by atoms with Crippen LogP contribution in [0.5, 0.6) is 0 Å². The summed E-state index contributed by atoms with van der Waals surface area (Å²) < 4.78 is 27.7. The highest BCUT2D eigenvalue weighted by Gasteiger charge is 2.23. The van der Waals surface area contributed by atoms with Gasteiger partial charge in [0, 0.05) is 5.69 Å². The van der Waals surface area contributed by atoms with Crippen molar-refractivity contribution < 1.29 is 13.2 Å². The fourth-order valence-electron chi connectivity index (χ4n) is 3.18. The minimum Gasteiger partial charge on any atom is -0.307 e. The molecule has 2 heterocycles. The van der Waals surface area contributed by atoms with Crippen molar-refractivity contribution in [2.45, 2.75) is 18.1 Å². The van der Waals surface area contributed by atoms with E-state index in [-0.39, 0.29) is 15.6 Å². The Balaban J connectivity index is 1.56. The zero-order valence-corrected chi connectivity index (χ0v) is 18.5. The molecule has 0 spiro atoms. The van der Waals surface area contributed by atoms with Crippen molar-refractivity contribution in [2.75, 3.05) is 5.32 Å². The van der Waals surface area contributed by atoms with Gasteiger partial charge in [-0.3, -0.25) is 4.79 Å². The fourth-order valence-corrected chi connectivity index (χ4v) is 5.57. The van der Waals surface area contributed by atoms with Crippen LogP contribution in [0.25, 0.3) is 16.6 Å². The summed E-state index contributed by atoms with van der Waals surface area (Å²) in [5, 5.41) is 3.33. The smallest absolute Gasteiger partial charge is 0.307 e. The van der Waals surface area contributed by atoms with E-state index >= 15 is 0 Å². The van der Waals surface area contributed by atoms with E-state index in [1.54, 1.807) is 38.1 Å². The summed E-state index contributed by atoms with van der Waals surface area (Å²) in [7, 11) is -4.07. The second kappa shape index (κ2) is 8.05. The minimum absolute atomic E-state index is 0.0320. The molecule has 32 heavy (non-hydrogen) atoms. The van der Waals surface area contributed by atoms with Crippen molar-refractivity contribution in [3.63, 3.8) is 0 Å². The Bertz CT molecular complexity index is 1570. The highest BCUT2D eigenvalue weighted by molar-refractivity contribution is 7.92. The first kappa shape index (κ1) is 21.5. The lowest BCUT2D eigenvalue weighted by atomic mass is 10.2. The van der Waals surface area contributed by atoms with Gasteiger partial charge in [-0.15, -0.1) is 11.3 Å². The average Bonchev–Trinajstić information content (AvgIpc) is 3.08. The number of aromatic nitrogens is 3. The Morgan fingerprint density at radius 1 is 1.06 bits per heavy atom. The van der Waals surface area contributed by atoms with Crippen LogP contribution in [0.15, 0.2) is 62.3 Å². The van der Waals surface area contributed by atoms with E-state index in [0.29, 0.717) is 21.6 Å². The van der Waals surface area contributed by atoms with Gasteiger partial charge in [0.1, 0.15) is 0 Å². The van der Waals surface area contributed by atoms with Gasteiger partial charge >= 0.3 is 11.7 Å². The number of carbonyl (C=O) groups is 1. The monoisotopic (exact) mass is 471 g/mol. The molecule has 2 aromatic carbocycles. The average molecular weight is 472 g/mol. The molecule has 2 aromatic heterocycles. The molecule has 0 saturated carbocycles. The topological polar surface area (TPSA) is 143 Å². The number of anilines is 1. The molecule has 4 rings (SSSR count). The van der Waals surface area contributed by atoms with Gasteiger partial charge in [-0.1, -0.05) is 12.1 Å². The Labute approximate surface area is 185 Å². The molecule has 0 aliphatic heterocycles. The number of urea groups is 1. The number of aryl methyl sites for hydroxylation is 2. The van der Waals surface area contributed by atoms with E-state index < -0.39 is 27.3 Å². The molecule has 0 unspecified atom stereocenters. The molecule has 0 atom stereocenters. The van der Waals surface area contributed by atoms with Gasteiger partial charge in [0.05, 0.1) is 27.3 Å². The van der Waals surface area contributed by atoms with Crippen LogP contribution < -0.4 is 21.3 Å². The van der Waals surface area contributed by atoms with Gasteiger partial charge in [-0.05, 0) is 50.2 Å². The largest absolute Gasteiger partial charge is 0.333 e. The molecule has 10 nitrogen and oxygen atoms in total. The predicted molar refractivity (Wildman–Crippen MR) is 121 cm³/mol. The molecular formula is C20H17N5O5S2. The van der Waals surface area contributed by atoms with E-state index in [1.165, 1.54) is 24.3 Å². The van der Waals surface area contributed by atoms with E-state index in [1.807, 2.05) is 4.72 Å². The molecule has 0 saturated heterocycles. The summed E-state index contributed by atoms with van der Waals surface area (Å²) in [6, 6.07) is 11.5. The number of para-hydroxylation sites is 1. The summed E-state index contributed by atoms with van der Waals surface area (Å²) in [5.74, 6) is 0. The van der Waals surface area contributed by atoms with Gasteiger partial charge < -0.3 is 10.3 Å². The van der Waals surface area contributed by atoms with Gasteiger partial charge in [0.2, 0.25) is 0 Å². The first-order valence-corrected chi connectivity index (χ1v) is 11.6. The molecule has 0 aliphatic carbocycles. The van der Waals surface area contributed by atoms with Crippen molar-refractivity contribution in [3.8, 4) is 5.69 Å². The zero-order chi connectivity index (χ0) is 23.0. The molecule has 0 radical (unpaired) electrons. The number of H-pyrrole nitrogens is 1. The number of aromatic amines is 1. The number of benzene rings is 2. The highest BCUT2D eigenvalue weighted by Crippen LogP contribution is 2.22. The number of hydrogen-bond donors (Lipinski definition) is 3. The Hall–Kier alpha value is -3.77. The lowest BCUT2D eigenvalue weighted by Gasteiger charge is -2.10. The van der Waals surface area contributed by atoms with E-state index in [0.717, 1.165) is 15.9 Å². The fraction of sp³-hybridized carbons (Fsp3) is 0.100. The van der Waals surface area contributed by atoms with Gasteiger partial charge in [0.15, 0.2) is 4.21 Å². The first-order valence-electron chi connectivity index (χ1n) is 9.28. The SMILES string of the molecule is Cc1nc(C)c(S(=O)(=O)NC(=O)Nc2ccc(-n3c(=O)[nH]c4ccccc4c3=O)cc2)s1.